The van der Waals surface area contributed by atoms with E-state index in [9.17, 15) is 14.4 Å². The summed E-state index contributed by atoms with van der Waals surface area (Å²) in [4.78, 5) is 36.5. The van der Waals surface area contributed by atoms with Gasteiger partial charge >= 0.3 is 5.97 Å². The number of nitrogens with one attached hydrogen (secondary N) is 2. The van der Waals surface area contributed by atoms with Gasteiger partial charge in [-0.3, -0.25) is 9.59 Å². The zero-order chi connectivity index (χ0) is 20.4. The van der Waals surface area contributed by atoms with Gasteiger partial charge in [0.25, 0.3) is 0 Å². The maximum atomic E-state index is 12.6. The number of carbonyl (C=O) groups excluding carboxylic acids is 3. The predicted molar refractivity (Wildman–Crippen MR) is 110 cm³/mol. The molecule has 1 heterocycles. The Morgan fingerprint density at radius 1 is 1.10 bits per heavy atom. The molecule has 0 aromatic heterocycles. The Morgan fingerprint density at radius 2 is 1.72 bits per heavy atom. The molecule has 2 N–H and O–H groups in total. The van der Waals surface area contributed by atoms with Crippen molar-refractivity contribution in [3.63, 3.8) is 0 Å². The van der Waals surface area contributed by atoms with Crippen molar-refractivity contribution >= 4 is 39.3 Å². The topological polar surface area (TPSA) is 84.5 Å². The Morgan fingerprint density at radius 3 is 2.28 bits per heavy atom. The summed E-state index contributed by atoms with van der Waals surface area (Å²) < 4.78 is 4.95. The lowest BCUT2D eigenvalue weighted by Gasteiger charge is -2.21. The molecular formula is C23H22N2O4. The minimum atomic E-state index is -0.848. The van der Waals surface area contributed by atoms with Crippen LogP contribution in [0.2, 0.25) is 0 Å². The second kappa shape index (κ2) is 7.91. The van der Waals surface area contributed by atoms with Crippen LogP contribution in [0.15, 0.2) is 54.6 Å². The maximum Gasteiger partial charge on any atom is 0.328 e. The van der Waals surface area contributed by atoms with E-state index in [2.05, 4.69) is 16.7 Å². The number of benzene rings is 3. The molecule has 0 radical (unpaired) electrons. The SMILES string of the molecule is COC(=O)[C@@H](Cc1c2ccccc2cc2ccccc12)NC(=O)[C@H]1CCC(=O)N1. The molecule has 2 amide bonds. The van der Waals surface area contributed by atoms with Crippen molar-refractivity contribution in [2.75, 3.05) is 7.11 Å². The van der Waals surface area contributed by atoms with E-state index in [0.717, 1.165) is 27.1 Å². The zero-order valence-electron chi connectivity index (χ0n) is 16.1. The van der Waals surface area contributed by atoms with E-state index in [4.69, 9.17) is 4.74 Å². The number of esters is 1. The summed E-state index contributed by atoms with van der Waals surface area (Å²) in [5.74, 6) is -1.03. The standard InChI is InChI=1S/C23H22N2O4/c1-29-23(28)20(25-22(27)19-10-11-21(26)24-19)13-18-16-8-4-2-6-14(16)12-15-7-3-5-9-17(15)18/h2-9,12,19-20H,10-11,13H2,1H3,(H,24,26)(H,25,27)/t19-,20-/m1/s1. The maximum absolute atomic E-state index is 12.6. The van der Waals surface area contributed by atoms with Crippen molar-refractivity contribution in [3.05, 3.63) is 60.2 Å². The summed E-state index contributed by atoms with van der Waals surface area (Å²) in [7, 11) is 1.31. The second-order valence-corrected chi connectivity index (χ2v) is 7.24. The summed E-state index contributed by atoms with van der Waals surface area (Å²) in [6.07, 6.45) is 1.03. The minimum absolute atomic E-state index is 0.153. The smallest absolute Gasteiger partial charge is 0.328 e. The number of hydrogen-bond acceptors (Lipinski definition) is 4. The van der Waals surface area contributed by atoms with Gasteiger partial charge in [0.05, 0.1) is 7.11 Å². The van der Waals surface area contributed by atoms with Gasteiger partial charge in [-0.05, 0) is 39.6 Å². The van der Waals surface area contributed by atoms with Crippen LogP contribution >= 0.6 is 0 Å². The quantitative estimate of drug-likeness (QED) is 0.518. The van der Waals surface area contributed by atoms with E-state index in [-0.39, 0.29) is 11.8 Å². The van der Waals surface area contributed by atoms with Crippen molar-refractivity contribution in [1.29, 1.82) is 0 Å². The normalized spacial score (nSPS) is 17.1. The van der Waals surface area contributed by atoms with Crippen LogP contribution in [-0.4, -0.2) is 37.0 Å². The third-order valence-corrected chi connectivity index (χ3v) is 5.41. The Balaban J connectivity index is 1.71. The third-order valence-electron chi connectivity index (χ3n) is 5.41. The molecule has 29 heavy (non-hydrogen) atoms. The highest BCUT2D eigenvalue weighted by Gasteiger charge is 2.31. The number of amides is 2. The lowest BCUT2D eigenvalue weighted by atomic mass is 9.92. The Kier molecular flexibility index (Phi) is 5.16. The van der Waals surface area contributed by atoms with Gasteiger partial charge in [-0.2, -0.15) is 0 Å². The fourth-order valence-corrected chi connectivity index (χ4v) is 3.95. The first kappa shape index (κ1) is 18.9. The van der Waals surface area contributed by atoms with Gasteiger partial charge in [-0.1, -0.05) is 48.5 Å². The molecule has 3 aromatic carbocycles. The fraction of sp³-hybridized carbons (Fsp3) is 0.261. The molecule has 4 rings (SSSR count). The molecule has 1 aliphatic rings. The van der Waals surface area contributed by atoms with Crippen LogP contribution in [0.4, 0.5) is 0 Å². The highest BCUT2D eigenvalue weighted by molar-refractivity contribution is 6.03. The van der Waals surface area contributed by atoms with E-state index in [1.807, 2.05) is 48.5 Å². The molecule has 1 fully saturated rings. The van der Waals surface area contributed by atoms with Crippen LogP contribution in [0.3, 0.4) is 0 Å². The first-order valence-electron chi connectivity index (χ1n) is 9.64. The summed E-state index contributed by atoms with van der Waals surface area (Å²) in [5.41, 5.74) is 0.977. The average Bonchev–Trinajstić information content (AvgIpc) is 3.18. The van der Waals surface area contributed by atoms with E-state index in [1.165, 1.54) is 7.11 Å². The monoisotopic (exact) mass is 390 g/mol. The van der Waals surface area contributed by atoms with Gasteiger partial charge in [-0.15, -0.1) is 0 Å². The highest BCUT2D eigenvalue weighted by Crippen LogP contribution is 2.29. The van der Waals surface area contributed by atoms with Crippen LogP contribution in [0.5, 0.6) is 0 Å². The molecule has 6 nitrogen and oxygen atoms in total. The van der Waals surface area contributed by atoms with E-state index in [0.29, 0.717) is 19.3 Å². The molecule has 2 atom stereocenters. The molecule has 0 aliphatic carbocycles. The Bertz CT molecular complexity index is 1050. The van der Waals surface area contributed by atoms with Crippen LogP contribution in [0.25, 0.3) is 21.5 Å². The largest absolute Gasteiger partial charge is 0.467 e. The van der Waals surface area contributed by atoms with Crippen molar-refractivity contribution in [2.45, 2.75) is 31.3 Å². The molecule has 0 unspecified atom stereocenters. The summed E-state index contributed by atoms with van der Waals surface area (Å²) in [5, 5.41) is 9.62. The van der Waals surface area contributed by atoms with Gasteiger partial charge < -0.3 is 15.4 Å². The molecule has 1 aliphatic heterocycles. The van der Waals surface area contributed by atoms with Crippen LogP contribution in [0.1, 0.15) is 18.4 Å². The Hall–Kier alpha value is -3.41. The molecule has 6 heteroatoms. The first-order chi connectivity index (χ1) is 14.1. The van der Waals surface area contributed by atoms with Gasteiger partial charge in [-0.25, -0.2) is 4.79 Å². The summed E-state index contributed by atoms with van der Waals surface area (Å²) >= 11 is 0. The van der Waals surface area contributed by atoms with Crippen molar-refractivity contribution in [3.8, 4) is 0 Å². The van der Waals surface area contributed by atoms with Gasteiger partial charge in [0.1, 0.15) is 12.1 Å². The summed E-state index contributed by atoms with van der Waals surface area (Å²) in [6, 6.07) is 16.6. The fourth-order valence-electron chi connectivity index (χ4n) is 3.95. The van der Waals surface area contributed by atoms with Crippen molar-refractivity contribution in [1.82, 2.24) is 10.6 Å². The molecular weight excluding hydrogens is 368 g/mol. The first-order valence-corrected chi connectivity index (χ1v) is 9.64. The third kappa shape index (κ3) is 3.78. The number of rotatable bonds is 5. The number of methoxy groups -OCH3 is 1. The number of carbonyl (C=O) groups is 3. The lowest BCUT2D eigenvalue weighted by Crippen LogP contribution is -2.50. The van der Waals surface area contributed by atoms with E-state index < -0.39 is 18.1 Å². The van der Waals surface area contributed by atoms with E-state index >= 15 is 0 Å². The lowest BCUT2D eigenvalue weighted by molar-refractivity contribution is -0.145. The number of fused-ring (bicyclic) bond motifs is 2. The second-order valence-electron chi connectivity index (χ2n) is 7.24. The average molecular weight is 390 g/mol. The van der Waals surface area contributed by atoms with Crippen molar-refractivity contribution < 1.29 is 19.1 Å². The molecule has 0 bridgehead atoms. The van der Waals surface area contributed by atoms with Crippen LogP contribution < -0.4 is 10.6 Å². The molecule has 1 saturated heterocycles. The van der Waals surface area contributed by atoms with Crippen LogP contribution in [0, 0.1) is 0 Å². The molecule has 3 aromatic rings. The molecule has 0 saturated carbocycles. The molecule has 148 valence electrons. The van der Waals surface area contributed by atoms with Gasteiger partial charge in [0, 0.05) is 12.8 Å². The van der Waals surface area contributed by atoms with E-state index in [1.54, 1.807) is 0 Å². The zero-order valence-corrected chi connectivity index (χ0v) is 16.1. The van der Waals surface area contributed by atoms with Crippen LogP contribution in [-0.2, 0) is 25.5 Å². The minimum Gasteiger partial charge on any atom is -0.467 e. The predicted octanol–water partition coefficient (Wildman–Crippen LogP) is 2.47. The molecule has 0 spiro atoms. The summed E-state index contributed by atoms with van der Waals surface area (Å²) in [6.45, 7) is 0. The van der Waals surface area contributed by atoms with Gasteiger partial charge in [0.2, 0.25) is 11.8 Å². The highest BCUT2D eigenvalue weighted by atomic mass is 16.5. The van der Waals surface area contributed by atoms with Gasteiger partial charge in [0.15, 0.2) is 0 Å². The number of hydrogen-bond donors (Lipinski definition) is 2. The Labute approximate surface area is 168 Å². The van der Waals surface area contributed by atoms with Crippen molar-refractivity contribution in [2.24, 2.45) is 0 Å². The number of ether oxygens (including phenoxy) is 1.